The Morgan fingerprint density at radius 3 is 2.88 bits per heavy atom. The van der Waals surface area contributed by atoms with Crippen molar-refractivity contribution in [2.24, 2.45) is 0 Å². The summed E-state index contributed by atoms with van der Waals surface area (Å²) in [6.45, 7) is -0.561. The highest BCUT2D eigenvalue weighted by Crippen LogP contribution is 2.16. The molecule has 86 valence electrons. The van der Waals surface area contributed by atoms with Gasteiger partial charge < -0.3 is 5.32 Å². The summed E-state index contributed by atoms with van der Waals surface area (Å²) in [5.74, 6) is 0. The van der Waals surface area contributed by atoms with Crippen LogP contribution in [0.2, 0.25) is 0 Å². The number of anilines is 1. The second-order valence-corrected chi connectivity index (χ2v) is 2.75. The molecule has 0 bridgehead atoms. The van der Waals surface area contributed by atoms with Gasteiger partial charge in [0, 0.05) is 18.9 Å². The smallest absolute Gasteiger partial charge is 0.382 e. The predicted octanol–water partition coefficient (Wildman–Crippen LogP) is 1.90. The van der Waals surface area contributed by atoms with Gasteiger partial charge in [0.25, 0.3) is 0 Å². The van der Waals surface area contributed by atoms with E-state index in [1.165, 1.54) is 18.5 Å². The van der Waals surface area contributed by atoms with Gasteiger partial charge in [0.1, 0.15) is 6.07 Å². The quantitative estimate of drug-likeness (QED) is 0.804. The molecule has 0 saturated carbocycles. The summed E-state index contributed by atoms with van der Waals surface area (Å²) in [5.41, 5.74) is 0.706. The number of halogens is 3. The summed E-state index contributed by atoms with van der Waals surface area (Å²) in [7, 11) is 0. The van der Waals surface area contributed by atoms with Crippen molar-refractivity contribution in [2.45, 2.75) is 6.36 Å². The van der Waals surface area contributed by atoms with Gasteiger partial charge in [0.15, 0.2) is 0 Å². The Kier molecular flexibility index (Phi) is 4.08. The molecular weight excluding hydrogens is 223 g/mol. The van der Waals surface area contributed by atoms with E-state index in [-0.39, 0.29) is 12.1 Å². The van der Waals surface area contributed by atoms with Crippen molar-refractivity contribution in [3.8, 4) is 6.07 Å². The van der Waals surface area contributed by atoms with Crippen molar-refractivity contribution >= 4 is 5.69 Å². The van der Waals surface area contributed by atoms with E-state index in [1.54, 1.807) is 0 Å². The normalized spacial score (nSPS) is 10.9. The topological polar surface area (TPSA) is 57.9 Å². The Balaban J connectivity index is 2.41. The number of alkyl halides is 3. The van der Waals surface area contributed by atoms with Gasteiger partial charge in [0.05, 0.1) is 17.9 Å². The van der Waals surface area contributed by atoms with Crippen molar-refractivity contribution in [1.29, 1.82) is 5.26 Å². The van der Waals surface area contributed by atoms with Crippen LogP contribution in [0.4, 0.5) is 18.9 Å². The zero-order valence-corrected chi connectivity index (χ0v) is 8.08. The molecule has 0 radical (unpaired) electrons. The molecule has 7 heteroatoms. The zero-order valence-electron chi connectivity index (χ0n) is 8.08. The van der Waals surface area contributed by atoms with Crippen LogP contribution in [-0.2, 0) is 4.74 Å². The number of hydrogen-bond acceptors (Lipinski definition) is 4. The average molecular weight is 231 g/mol. The molecule has 0 fully saturated rings. The largest absolute Gasteiger partial charge is 0.522 e. The lowest BCUT2D eigenvalue weighted by Crippen LogP contribution is -2.19. The second-order valence-electron chi connectivity index (χ2n) is 2.75. The molecule has 4 nitrogen and oxygen atoms in total. The maximum Gasteiger partial charge on any atom is 0.522 e. The van der Waals surface area contributed by atoms with E-state index in [0.717, 1.165) is 0 Å². The highest BCUT2D eigenvalue weighted by molar-refractivity contribution is 5.55. The number of pyridine rings is 1. The van der Waals surface area contributed by atoms with E-state index in [0.29, 0.717) is 5.69 Å². The Morgan fingerprint density at radius 2 is 2.25 bits per heavy atom. The Labute approximate surface area is 89.7 Å². The number of rotatable bonds is 4. The minimum Gasteiger partial charge on any atom is -0.382 e. The molecule has 1 N–H and O–H groups in total. The third-order valence-electron chi connectivity index (χ3n) is 1.62. The number of ether oxygens (including phenoxy) is 1. The van der Waals surface area contributed by atoms with Crippen LogP contribution in [0.3, 0.4) is 0 Å². The lowest BCUT2D eigenvalue weighted by Gasteiger charge is -2.09. The van der Waals surface area contributed by atoms with Gasteiger partial charge in [-0.25, -0.2) is 0 Å². The molecule has 0 amide bonds. The first-order chi connectivity index (χ1) is 7.53. The van der Waals surface area contributed by atoms with Crippen molar-refractivity contribution < 1.29 is 17.9 Å². The van der Waals surface area contributed by atoms with E-state index in [4.69, 9.17) is 5.26 Å². The highest BCUT2D eigenvalue weighted by Gasteiger charge is 2.28. The van der Waals surface area contributed by atoms with Crippen molar-refractivity contribution in [3.63, 3.8) is 0 Å². The summed E-state index contributed by atoms with van der Waals surface area (Å²) in [6.07, 6.45) is -1.86. The first-order valence-corrected chi connectivity index (χ1v) is 4.31. The molecule has 0 atom stereocenters. The van der Waals surface area contributed by atoms with Crippen molar-refractivity contribution in [2.75, 3.05) is 18.5 Å². The standard InChI is InChI=1S/C9H8F3N3O/c10-9(11,12)16-4-3-15-8-1-2-14-6-7(8)5-13/h1-2,6H,3-4H2,(H,14,15). The Bertz CT molecular complexity index is 386. The van der Waals surface area contributed by atoms with Gasteiger partial charge in [-0.05, 0) is 6.07 Å². The SMILES string of the molecule is N#Cc1cnccc1NCCOC(F)(F)F. The van der Waals surface area contributed by atoms with Crippen LogP contribution >= 0.6 is 0 Å². The number of nitrogens with one attached hydrogen (secondary N) is 1. The van der Waals surface area contributed by atoms with Crippen LogP contribution in [0.15, 0.2) is 18.5 Å². The van der Waals surface area contributed by atoms with Gasteiger partial charge >= 0.3 is 6.36 Å². The lowest BCUT2D eigenvalue weighted by molar-refractivity contribution is -0.322. The number of aromatic nitrogens is 1. The van der Waals surface area contributed by atoms with Crippen LogP contribution in [0, 0.1) is 11.3 Å². The van der Waals surface area contributed by atoms with E-state index in [1.807, 2.05) is 6.07 Å². The second kappa shape index (κ2) is 5.32. The third-order valence-corrected chi connectivity index (χ3v) is 1.62. The maximum absolute atomic E-state index is 11.6. The molecule has 0 spiro atoms. The fraction of sp³-hybridized carbons (Fsp3) is 0.333. The van der Waals surface area contributed by atoms with Crippen LogP contribution in [0.1, 0.15) is 5.56 Å². The summed E-state index contributed by atoms with van der Waals surface area (Å²) < 4.78 is 38.4. The van der Waals surface area contributed by atoms with Gasteiger partial charge in [-0.3, -0.25) is 9.72 Å². The van der Waals surface area contributed by atoms with E-state index >= 15 is 0 Å². The molecule has 1 aromatic rings. The Hall–Kier alpha value is -1.81. The van der Waals surface area contributed by atoms with Crippen LogP contribution < -0.4 is 5.32 Å². The molecule has 0 unspecified atom stereocenters. The predicted molar refractivity (Wildman–Crippen MR) is 49.4 cm³/mol. The first kappa shape index (κ1) is 12.3. The number of hydrogen-bond donors (Lipinski definition) is 1. The van der Waals surface area contributed by atoms with Crippen LogP contribution in [-0.4, -0.2) is 24.5 Å². The van der Waals surface area contributed by atoms with Gasteiger partial charge in [0.2, 0.25) is 0 Å². The van der Waals surface area contributed by atoms with Crippen LogP contribution in [0.5, 0.6) is 0 Å². The van der Waals surface area contributed by atoms with E-state index in [2.05, 4.69) is 15.0 Å². The van der Waals surface area contributed by atoms with E-state index in [9.17, 15) is 13.2 Å². The van der Waals surface area contributed by atoms with Gasteiger partial charge in [-0.1, -0.05) is 0 Å². The molecule has 0 saturated heterocycles. The molecule has 0 aliphatic heterocycles. The zero-order chi connectivity index (χ0) is 12.0. The molecule has 1 rings (SSSR count). The minimum atomic E-state index is -4.63. The molecule has 1 heterocycles. The fourth-order valence-electron chi connectivity index (χ4n) is 0.990. The van der Waals surface area contributed by atoms with Gasteiger partial charge in [-0.2, -0.15) is 5.26 Å². The summed E-state index contributed by atoms with van der Waals surface area (Å²) in [5, 5.41) is 11.3. The molecule has 0 aliphatic carbocycles. The Morgan fingerprint density at radius 1 is 1.50 bits per heavy atom. The minimum absolute atomic E-state index is 0.0434. The summed E-state index contributed by atoms with van der Waals surface area (Å²) >= 11 is 0. The fourth-order valence-corrected chi connectivity index (χ4v) is 0.990. The third kappa shape index (κ3) is 4.14. The van der Waals surface area contributed by atoms with Crippen molar-refractivity contribution in [1.82, 2.24) is 4.98 Å². The number of nitrogens with zero attached hydrogens (tertiary/aromatic N) is 2. The van der Waals surface area contributed by atoms with Crippen LogP contribution in [0.25, 0.3) is 0 Å². The summed E-state index contributed by atoms with van der Waals surface area (Å²) in [4.78, 5) is 3.71. The summed E-state index contributed by atoms with van der Waals surface area (Å²) in [6, 6.07) is 3.37. The molecular formula is C9H8F3N3O. The van der Waals surface area contributed by atoms with Gasteiger partial charge in [-0.15, -0.1) is 13.2 Å². The maximum atomic E-state index is 11.6. The lowest BCUT2D eigenvalue weighted by atomic mass is 10.2. The molecule has 0 aromatic carbocycles. The van der Waals surface area contributed by atoms with E-state index < -0.39 is 13.0 Å². The highest BCUT2D eigenvalue weighted by atomic mass is 19.4. The monoisotopic (exact) mass is 231 g/mol. The average Bonchev–Trinajstić information content (AvgIpc) is 2.23. The molecule has 1 aromatic heterocycles. The number of nitriles is 1. The molecule has 16 heavy (non-hydrogen) atoms. The first-order valence-electron chi connectivity index (χ1n) is 4.31. The molecule has 0 aliphatic rings. The van der Waals surface area contributed by atoms with Crippen molar-refractivity contribution in [3.05, 3.63) is 24.0 Å².